The molecular weight excluding hydrogens is 400 g/mol. The van der Waals surface area contributed by atoms with Gasteiger partial charge in [-0.2, -0.15) is 5.10 Å². The normalized spacial score (nSPS) is 15.3. The number of carbonyl (C=O) groups excluding carboxylic acids is 1. The number of para-hydroxylation sites is 1. The maximum absolute atomic E-state index is 12.6. The SMILES string of the molecule is Cc1nn(-c2ccccc2)c(C)c1CC(=O)Nc1ccc(N2CCCS2(=O)=O)cc1. The second-order valence-corrected chi connectivity index (χ2v) is 9.42. The summed E-state index contributed by atoms with van der Waals surface area (Å²) in [6.45, 7) is 4.36. The zero-order chi connectivity index (χ0) is 21.3. The third-order valence-corrected chi connectivity index (χ3v) is 7.19. The number of benzene rings is 2. The highest BCUT2D eigenvalue weighted by atomic mass is 32.2. The summed E-state index contributed by atoms with van der Waals surface area (Å²) < 4.78 is 27.4. The molecule has 8 heteroatoms. The number of hydrogen-bond acceptors (Lipinski definition) is 4. The number of rotatable bonds is 5. The molecule has 0 aliphatic carbocycles. The van der Waals surface area contributed by atoms with Crippen molar-refractivity contribution in [3.63, 3.8) is 0 Å². The van der Waals surface area contributed by atoms with Crippen molar-refractivity contribution in [3.8, 4) is 5.69 Å². The van der Waals surface area contributed by atoms with Gasteiger partial charge in [0, 0.05) is 23.5 Å². The van der Waals surface area contributed by atoms with Crippen molar-refractivity contribution in [2.75, 3.05) is 21.9 Å². The fourth-order valence-corrected chi connectivity index (χ4v) is 5.32. The standard InChI is InChI=1S/C22H24N4O3S/c1-16-21(17(2)26(24-16)20-7-4-3-5-8-20)15-22(27)23-18-9-11-19(12-10-18)25-13-6-14-30(25,28)29/h3-5,7-12H,6,13-15H2,1-2H3,(H,23,27). The molecule has 2 heterocycles. The van der Waals surface area contributed by atoms with E-state index in [-0.39, 0.29) is 18.1 Å². The highest BCUT2D eigenvalue weighted by Gasteiger charge is 2.28. The van der Waals surface area contributed by atoms with Crippen molar-refractivity contribution in [2.45, 2.75) is 26.7 Å². The molecule has 1 aliphatic rings. The molecule has 0 saturated carbocycles. The van der Waals surface area contributed by atoms with Crippen LogP contribution in [0.15, 0.2) is 54.6 Å². The van der Waals surface area contributed by atoms with Crippen LogP contribution in [-0.4, -0.2) is 36.4 Å². The predicted molar refractivity (Wildman–Crippen MR) is 118 cm³/mol. The summed E-state index contributed by atoms with van der Waals surface area (Å²) >= 11 is 0. The van der Waals surface area contributed by atoms with Crippen LogP contribution in [-0.2, 0) is 21.2 Å². The van der Waals surface area contributed by atoms with E-state index in [4.69, 9.17) is 0 Å². The van der Waals surface area contributed by atoms with Gasteiger partial charge in [0.1, 0.15) is 0 Å². The summed E-state index contributed by atoms with van der Waals surface area (Å²) in [4.78, 5) is 12.6. The molecule has 1 N–H and O–H groups in total. The molecule has 1 aliphatic heterocycles. The average molecular weight is 425 g/mol. The summed E-state index contributed by atoms with van der Waals surface area (Å²) in [5.41, 5.74) is 4.87. The van der Waals surface area contributed by atoms with Gasteiger partial charge in [-0.1, -0.05) is 18.2 Å². The third kappa shape index (κ3) is 3.95. The van der Waals surface area contributed by atoms with Crippen LogP contribution in [0.25, 0.3) is 5.69 Å². The molecule has 0 spiro atoms. The summed E-state index contributed by atoms with van der Waals surface area (Å²) in [7, 11) is -3.21. The fraction of sp³-hybridized carbons (Fsp3) is 0.273. The lowest BCUT2D eigenvalue weighted by molar-refractivity contribution is -0.115. The number of nitrogens with zero attached hydrogens (tertiary/aromatic N) is 3. The number of aryl methyl sites for hydroxylation is 1. The van der Waals surface area contributed by atoms with Gasteiger partial charge in [0.25, 0.3) is 0 Å². The van der Waals surface area contributed by atoms with Crippen LogP contribution in [0.1, 0.15) is 23.4 Å². The molecule has 1 aromatic heterocycles. The van der Waals surface area contributed by atoms with E-state index in [1.54, 1.807) is 24.3 Å². The Labute approximate surface area is 176 Å². The number of carbonyl (C=O) groups is 1. The van der Waals surface area contributed by atoms with Crippen molar-refractivity contribution in [2.24, 2.45) is 0 Å². The van der Waals surface area contributed by atoms with Gasteiger partial charge in [-0.15, -0.1) is 0 Å². The summed E-state index contributed by atoms with van der Waals surface area (Å²) in [5.74, 6) is 0.0382. The Bertz CT molecular complexity index is 1170. The number of hydrogen-bond donors (Lipinski definition) is 1. The summed E-state index contributed by atoms with van der Waals surface area (Å²) in [6, 6.07) is 16.7. The van der Waals surface area contributed by atoms with Gasteiger partial charge in [0.05, 0.1) is 29.2 Å². The monoisotopic (exact) mass is 424 g/mol. The highest BCUT2D eigenvalue weighted by Crippen LogP contribution is 2.25. The van der Waals surface area contributed by atoms with Gasteiger partial charge < -0.3 is 5.32 Å². The van der Waals surface area contributed by atoms with E-state index in [1.165, 1.54) is 4.31 Å². The Hall–Kier alpha value is -3.13. The van der Waals surface area contributed by atoms with Crippen LogP contribution in [0, 0.1) is 13.8 Å². The maximum atomic E-state index is 12.6. The Kier molecular flexibility index (Phi) is 5.34. The molecule has 1 saturated heterocycles. The van der Waals surface area contributed by atoms with Crippen molar-refractivity contribution in [3.05, 3.63) is 71.5 Å². The Morgan fingerprint density at radius 2 is 1.73 bits per heavy atom. The van der Waals surface area contributed by atoms with Crippen molar-refractivity contribution in [1.29, 1.82) is 0 Å². The predicted octanol–water partition coefficient (Wildman–Crippen LogP) is 3.21. The van der Waals surface area contributed by atoms with Crippen LogP contribution < -0.4 is 9.62 Å². The first kappa shape index (κ1) is 20.2. The van der Waals surface area contributed by atoms with Crippen LogP contribution in [0.3, 0.4) is 0 Å². The lowest BCUT2D eigenvalue weighted by Gasteiger charge is -2.17. The van der Waals surface area contributed by atoms with E-state index < -0.39 is 10.0 Å². The summed E-state index contributed by atoms with van der Waals surface area (Å²) in [6.07, 6.45) is 0.850. The lowest BCUT2D eigenvalue weighted by atomic mass is 10.1. The van der Waals surface area contributed by atoms with E-state index in [0.29, 0.717) is 24.3 Å². The second kappa shape index (κ2) is 7.95. The maximum Gasteiger partial charge on any atom is 0.235 e. The minimum absolute atomic E-state index is 0.143. The van der Waals surface area contributed by atoms with Gasteiger partial charge in [0.15, 0.2) is 0 Å². The largest absolute Gasteiger partial charge is 0.326 e. The van der Waals surface area contributed by atoms with Crippen molar-refractivity contribution < 1.29 is 13.2 Å². The van der Waals surface area contributed by atoms with E-state index in [0.717, 1.165) is 22.6 Å². The number of anilines is 2. The molecule has 1 fully saturated rings. The second-order valence-electron chi connectivity index (χ2n) is 7.41. The smallest absolute Gasteiger partial charge is 0.235 e. The highest BCUT2D eigenvalue weighted by molar-refractivity contribution is 7.93. The molecule has 1 amide bonds. The minimum Gasteiger partial charge on any atom is -0.326 e. The Balaban J connectivity index is 1.46. The Morgan fingerprint density at radius 1 is 1.03 bits per heavy atom. The van der Waals surface area contributed by atoms with Crippen LogP contribution in [0.5, 0.6) is 0 Å². The summed E-state index contributed by atoms with van der Waals surface area (Å²) in [5, 5.41) is 7.47. The molecule has 156 valence electrons. The number of nitrogens with one attached hydrogen (secondary N) is 1. The molecule has 0 unspecified atom stereocenters. The average Bonchev–Trinajstić information content (AvgIpc) is 3.22. The van der Waals surface area contributed by atoms with Gasteiger partial charge in [0.2, 0.25) is 15.9 Å². The zero-order valence-electron chi connectivity index (χ0n) is 17.0. The van der Waals surface area contributed by atoms with Crippen molar-refractivity contribution in [1.82, 2.24) is 9.78 Å². The lowest BCUT2D eigenvalue weighted by Crippen LogP contribution is -2.25. The number of aromatic nitrogens is 2. The van der Waals surface area contributed by atoms with Crippen LogP contribution in [0.4, 0.5) is 11.4 Å². The van der Waals surface area contributed by atoms with E-state index >= 15 is 0 Å². The molecule has 2 aromatic carbocycles. The first-order valence-electron chi connectivity index (χ1n) is 9.86. The molecule has 4 rings (SSSR count). The van der Waals surface area contributed by atoms with Gasteiger partial charge >= 0.3 is 0 Å². The molecule has 0 atom stereocenters. The number of amides is 1. The van der Waals surface area contributed by atoms with Crippen LogP contribution in [0.2, 0.25) is 0 Å². The van der Waals surface area contributed by atoms with E-state index in [9.17, 15) is 13.2 Å². The minimum atomic E-state index is -3.21. The molecule has 0 radical (unpaired) electrons. The number of sulfonamides is 1. The zero-order valence-corrected chi connectivity index (χ0v) is 17.8. The quantitative estimate of drug-likeness (QED) is 0.682. The molecule has 30 heavy (non-hydrogen) atoms. The van der Waals surface area contributed by atoms with Gasteiger partial charge in [-0.05, 0) is 56.7 Å². The first-order valence-corrected chi connectivity index (χ1v) is 11.5. The first-order chi connectivity index (χ1) is 14.3. The molecule has 0 bridgehead atoms. The molecular formula is C22H24N4O3S. The Morgan fingerprint density at radius 3 is 2.37 bits per heavy atom. The topological polar surface area (TPSA) is 84.3 Å². The van der Waals surface area contributed by atoms with Gasteiger partial charge in [-0.25, -0.2) is 13.1 Å². The molecule has 7 nitrogen and oxygen atoms in total. The third-order valence-electron chi connectivity index (χ3n) is 5.32. The van der Waals surface area contributed by atoms with E-state index in [2.05, 4.69) is 10.4 Å². The van der Waals surface area contributed by atoms with E-state index in [1.807, 2.05) is 48.9 Å². The fourth-order valence-electron chi connectivity index (χ4n) is 3.76. The van der Waals surface area contributed by atoms with Crippen molar-refractivity contribution >= 4 is 27.3 Å². The van der Waals surface area contributed by atoms with Gasteiger partial charge in [-0.3, -0.25) is 9.10 Å². The van der Waals surface area contributed by atoms with Crippen LogP contribution >= 0.6 is 0 Å². The molecule has 3 aromatic rings.